The summed E-state index contributed by atoms with van der Waals surface area (Å²) in [6.07, 6.45) is 12.3. The van der Waals surface area contributed by atoms with Crippen LogP contribution in [0.3, 0.4) is 0 Å². The molecule has 11 nitrogen and oxygen atoms in total. The first kappa shape index (κ1) is 41.1. The number of amides is 1. The third-order valence-electron chi connectivity index (χ3n) is 7.87. The zero-order valence-electron chi connectivity index (χ0n) is 28.0. The van der Waals surface area contributed by atoms with E-state index in [1.165, 1.54) is 25.3 Å². The normalized spacial score (nSPS) is 14.2. The molecule has 262 valence electrons. The number of allylic oxidation sites excluding steroid dienone is 1. The molecule has 0 heterocycles. The highest BCUT2D eigenvalue weighted by atomic mass is 16.5. The van der Waals surface area contributed by atoms with Gasteiger partial charge in [-0.1, -0.05) is 88.5 Å². The molecule has 1 aromatic rings. The number of ether oxygens (including phenoxy) is 2. The van der Waals surface area contributed by atoms with E-state index in [-0.39, 0.29) is 19.1 Å². The van der Waals surface area contributed by atoms with Crippen molar-refractivity contribution in [2.75, 3.05) is 13.7 Å². The zero-order valence-corrected chi connectivity index (χ0v) is 28.0. The van der Waals surface area contributed by atoms with E-state index in [4.69, 9.17) is 9.47 Å². The van der Waals surface area contributed by atoms with Crippen LogP contribution in [-0.4, -0.2) is 75.7 Å². The van der Waals surface area contributed by atoms with Crippen LogP contribution in [0.2, 0.25) is 0 Å². The van der Waals surface area contributed by atoms with Gasteiger partial charge in [0.05, 0.1) is 25.6 Å². The summed E-state index contributed by atoms with van der Waals surface area (Å²) in [4.78, 5) is 49.7. The number of aliphatic hydroxyl groups excluding tert-OH is 1. The SMILES string of the molecule is CC#CCOc1ccc(C[C@H](NC(=O)[C@@H](C=CCCCCCCC(O)CCCCCCC)[C@@](O)(CC(=O)O)C(=O)O)C(=O)OC)cc1. The van der Waals surface area contributed by atoms with Crippen LogP contribution in [0, 0.1) is 17.8 Å². The fourth-order valence-electron chi connectivity index (χ4n) is 5.11. The van der Waals surface area contributed by atoms with Gasteiger partial charge in [0.2, 0.25) is 5.91 Å². The fraction of sp³-hybridized carbons (Fsp3) is 0.611. The summed E-state index contributed by atoms with van der Waals surface area (Å²) in [6.45, 7) is 4.07. The Morgan fingerprint density at radius 1 is 0.957 bits per heavy atom. The van der Waals surface area contributed by atoms with Gasteiger partial charge in [0.15, 0.2) is 5.60 Å². The summed E-state index contributed by atoms with van der Waals surface area (Å²) in [5.74, 6) is -1.10. The Bertz CT molecular complexity index is 1190. The second kappa shape index (κ2) is 23.4. The van der Waals surface area contributed by atoms with Crippen LogP contribution >= 0.6 is 0 Å². The number of unbranched alkanes of at least 4 members (excludes halogenated alkanes) is 8. The number of hydrogen-bond acceptors (Lipinski definition) is 8. The van der Waals surface area contributed by atoms with Crippen LogP contribution in [0.5, 0.6) is 5.75 Å². The molecule has 0 bridgehead atoms. The zero-order chi connectivity index (χ0) is 35.1. The van der Waals surface area contributed by atoms with Gasteiger partial charge in [-0.3, -0.25) is 9.59 Å². The molecule has 0 saturated carbocycles. The molecule has 1 rings (SSSR count). The van der Waals surface area contributed by atoms with E-state index in [0.717, 1.165) is 52.1 Å². The van der Waals surface area contributed by atoms with Gasteiger partial charge in [0, 0.05) is 6.42 Å². The molecule has 0 aromatic heterocycles. The van der Waals surface area contributed by atoms with Crippen molar-refractivity contribution in [2.24, 2.45) is 5.92 Å². The number of carboxylic acids is 2. The van der Waals surface area contributed by atoms with Crippen molar-refractivity contribution in [3.05, 3.63) is 42.0 Å². The van der Waals surface area contributed by atoms with E-state index in [9.17, 15) is 39.6 Å². The van der Waals surface area contributed by atoms with Crippen molar-refractivity contribution in [3.8, 4) is 17.6 Å². The smallest absolute Gasteiger partial charge is 0.337 e. The number of methoxy groups -OCH3 is 1. The van der Waals surface area contributed by atoms with E-state index in [1.54, 1.807) is 37.3 Å². The minimum absolute atomic E-state index is 0.0259. The van der Waals surface area contributed by atoms with E-state index < -0.39 is 47.8 Å². The minimum Gasteiger partial charge on any atom is -0.481 e. The van der Waals surface area contributed by atoms with Gasteiger partial charge in [0.25, 0.3) is 0 Å². The molecule has 0 aliphatic carbocycles. The third kappa shape index (κ3) is 16.5. The molecular weight excluding hydrogens is 606 g/mol. The van der Waals surface area contributed by atoms with Gasteiger partial charge in [0.1, 0.15) is 18.4 Å². The topological polar surface area (TPSA) is 180 Å². The Morgan fingerprint density at radius 2 is 1.57 bits per heavy atom. The minimum atomic E-state index is -2.97. The van der Waals surface area contributed by atoms with Crippen molar-refractivity contribution in [1.29, 1.82) is 0 Å². The number of hydrogen-bond donors (Lipinski definition) is 5. The average Bonchev–Trinajstić information content (AvgIpc) is 3.03. The Morgan fingerprint density at radius 3 is 2.13 bits per heavy atom. The fourth-order valence-corrected chi connectivity index (χ4v) is 5.11. The molecule has 11 heteroatoms. The van der Waals surface area contributed by atoms with Crippen molar-refractivity contribution in [2.45, 2.75) is 121 Å². The number of carboxylic acid groups (broad SMARTS) is 2. The van der Waals surface area contributed by atoms with Gasteiger partial charge < -0.3 is 35.2 Å². The summed E-state index contributed by atoms with van der Waals surface area (Å²) in [5.41, 5.74) is -2.35. The standard InChI is InChI=1S/C36H53NO10/c1-4-6-8-11-14-17-28(38)18-15-12-9-10-13-16-19-30(36(45,35(43)44)26-32(39)40)33(41)37-31(34(42)46-3)25-27-20-22-29(23-21-27)47-24-7-5-2/h16,19-23,28,30-31,38,45H,4,6,8-15,17-18,24-26H2,1-3H3,(H,37,41)(H,39,40)(H,43,44)/t28?,30-,31+,36+/m1/s1. The number of rotatable bonds is 25. The lowest BCUT2D eigenvalue weighted by molar-refractivity contribution is -0.172. The maximum atomic E-state index is 13.5. The molecule has 0 aliphatic heterocycles. The average molecular weight is 660 g/mol. The molecule has 47 heavy (non-hydrogen) atoms. The largest absolute Gasteiger partial charge is 0.481 e. The van der Waals surface area contributed by atoms with E-state index >= 15 is 0 Å². The summed E-state index contributed by atoms with van der Waals surface area (Å²) < 4.78 is 10.3. The molecule has 0 saturated heterocycles. The predicted octanol–water partition coefficient (Wildman–Crippen LogP) is 4.81. The Balaban J connectivity index is 2.88. The van der Waals surface area contributed by atoms with Crippen molar-refractivity contribution in [1.82, 2.24) is 5.32 Å². The lowest BCUT2D eigenvalue weighted by Crippen LogP contribution is -2.55. The van der Waals surface area contributed by atoms with Crippen LogP contribution in [-0.2, 0) is 30.3 Å². The molecule has 5 N–H and O–H groups in total. The second-order valence-electron chi connectivity index (χ2n) is 11.7. The highest BCUT2D eigenvalue weighted by molar-refractivity contribution is 5.94. The first-order chi connectivity index (χ1) is 22.5. The first-order valence-corrected chi connectivity index (χ1v) is 16.5. The second-order valence-corrected chi connectivity index (χ2v) is 11.7. The number of nitrogens with one attached hydrogen (secondary N) is 1. The van der Waals surface area contributed by atoms with Gasteiger partial charge >= 0.3 is 17.9 Å². The molecule has 0 spiro atoms. The summed E-state index contributed by atoms with van der Waals surface area (Å²) >= 11 is 0. The van der Waals surface area contributed by atoms with Crippen LogP contribution in [0.4, 0.5) is 0 Å². The monoisotopic (exact) mass is 659 g/mol. The van der Waals surface area contributed by atoms with Crippen LogP contribution in [0.1, 0.15) is 103 Å². The number of benzene rings is 1. The number of carbonyl (C=O) groups excluding carboxylic acids is 2. The van der Waals surface area contributed by atoms with Crippen molar-refractivity contribution < 1.29 is 49.1 Å². The van der Waals surface area contributed by atoms with Crippen LogP contribution in [0.25, 0.3) is 0 Å². The van der Waals surface area contributed by atoms with Crippen molar-refractivity contribution >= 4 is 23.8 Å². The number of aliphatic hydroxyl groups is 2. The molecule has 0 radical (unpaired) electrons. The van der Waals surface area contributed by atoms with Gasteiger partial charge in [-0.05, 0) is 50.3 Å². The Labute approximate surface area is 278 Å². The molecule has 1 amide bonds. The lowest BCUT2D eigenvalue weighted by atomic mass is 9.82. The predicted molar refractivity (Wildman–Crippen MR) is 178 cm³/mol. The molecule has 1 unspecified atom stereocenters. The Hall–Kier alpha value is -3.88. The summed E-state index contributed by atoms with van der Waals surface area (Å²) in [6, 6.07) is 5.45. The van der Waals surface area contributed by atoms with E-state index in [0.29, 0.717) is 24.2 Å². The number of carbonyl (C=O) groups is 4. The molecular formula is C36H53NO10. The molecule has 0 fully saturated rings. The number of aliphatic carboxylic acids is 2. The highest BCUT2D eigenvalue weighted by Crippen LogP contribution is 2.26. The molecule has 4 atom stereocenters. The number of esters is 1. The maximum Gasteiger partial charge on any atom is 0.337 e. The quantitative estimate of drug-likeness (QED) is 0.0423. The maximum absolute atomic E-state index is 13.5. The molecule has 0 aliphatic rings. The van der Waals surface area contributed by atoms with Crippen molar-refractivity contribution in [3.63, 3.8) is 0 Å². The van der Waals surface area contributed by atoms with Gasteiger partial charge in [-0.25, -0.2) is 9.59 Å². The third-order valence-corrected chi connectivity index (χ3v) is 7.87. The first-order valence-electron chi connectivity index (χ1n) is 16.5. The van der Waals surface area contributed by atoms with E-state index in [1.807, 2.05) is 0 Å². The van der Waals surface area contributed by atoms with Gasteiger partial charge in [-0.15, -0.1) is 5.92 Å². The lowest BCUT2D eigenvalue weighted by Gasteiger charge is -2.29. The Kier molecular flexibility index (Phi) is 20.5. The molecule has 1 aromatic carbocycles. The highest BCUT2D eigenvalue weighted by Gasteiger charge is 2.49. The van der Waals surface area contributed by atoms with E-state index in [2.05, 4.69) is 24.1 Å². The summed E-state index contributed by atoms with van der Waals surface area (Å²) in [5, 5.41) is 42.8. The summed E-state index contributed by atoms with van der Waals surface area (Å²) in [7, 11) is 1.14. The van der Waals surface area contributed by atoms with Crippen LogP contribution < -0.4 is 10.1 Å². The van der Waals surface area contributed by atoms with Gasteiger partial charge in [-0.2, -0.15) is 0 Å². The van der Waals surface area contributed by atoms with Crippen LogP contribution in [0.15, 0.2) is 36.4 Å².